The van der Waals surface area contributed by atoms with Crippen molar-refractivity contribution in [2.45, 2.75) is 13.2 Å². The van der Waals surface area contributed by atoms with Gasteiger partial charge in [-0.3, -0.25) is 4.57 Å². The molecule has 0 saturated carbocycles. The van der Waals surface area contributed by atoms with Crippen LogP contribution in [0, 0.1) is 0 Å². The number of aromatic nitrogens is 5. The van der Waals surface area contributed by atoms with Crippen LogP contribution in [-0.4, -0.2) is 36.2 Å². The number of aliphatic hydroxyl groups excluding tert-OH is 1. The summed E-state index contributed by atoms with van der Waals surface area (Å²) in [6.07, 6.45) is 0. The van der Waals surface area contributed by atoms with E-state index in [1.54, 1.807) is 10.6 Å². The minimum atomic E-state index is -2.90. The third kappa shape index (κ3) is 3.89. The number of nitrogens with two attached hydrogens (primary N) is 1. The van der Waals surface area contributed by atoms with E-state index in [1.807, 2.05) is 18.2 Å². The van der Waals surface area contributed by atoms with Crippen molar-refractivity contribution in [2.24, 2.45) is 0 Å². The summed E-state index contributed by atoms with van der Waals surface area (Å²) in [6.45, 7) is -3.22. The molecule has 9 nitrogen and oxygen atoms in total. The van der Waals surface area contributed by atoms with Crippen molar-refractivity contribution in [2.75, 3.05) is 11.1 Å². The standard InChI is InChI=1S/C18H15F2N7O2/c19-15(20)29-11-7-5-10(6-8-11)22-17-24-16(21)25-18(26-17)27-13-4-2-1-3-12(13)23-14(27)9-28/h1-8,15,28H,9H2,(H3,21,22,24,25,26). The zero-order chi connectivity index (χ0) is 20.4. The summed E-state index contributed by atoms with van der Waals surface area (Å²) in [5.74, 6) is 0.638. The maximum atomic E-state index is 12.3. The van der Waals surface area contributed by atoms with Crippen molar-refractivity contribution in [3.8, 4) is 11.7 Å². The fourth-order valence-corrected chi connectivity index (χ4v) is 2.79. The van der Waals surface area contributed by atoms with E-state index < -0.39 is 6.61 Å². The summed E-state index contributed by atoms with van der Waals surface area (Å²) in [4.78, 5) is 16.9. The zero-order valence-electron chi connectivity index (χ0n) is 14.8. The molecular weight excluding hydrogens is 384 g/mol. The first-order valence-electron chi connectivity index (χ1n) is 8.44. The van der Waals surface area contributed by atoms with Gasteiger partial charge in [-0.2, -0.15) is 23.7 Å². The average Bonchev–Trinajstić information content (AvgIpc) is 3.07. The van der Waals surface area contributed by atoms with E-state index in [4.69, 9.17) is 5.73 Å². The topological polar surface area (TPSA) is 124 Å². The van der Waals surface area contributed by atoms with Crippen LogP contribution in [0.4, 0.5) is 26.4 Å². The van der Waals surface area contributed by atoms with Crippen LogP contribution in [0.3, 0.4) is 0 Å². The SMILES string of the molecule is Nc1nc(Nc2ccc(OC(F)F)cc2)nc(-n2c(CO)nc3ccccc32)n1. The molecule has 0 fully saturated rings. The molecule has 2 aromatic carbocycles. The van der Waals surface area contributed by atoms with Crippen LogP contribution >= 0.6 is 0 Å². The molecule has 0 spiro atoms. The Labute approximate surface area is 162 Å². The highest BCUT2D eigenvalue weighted by Gasteiger charge is 2.15. The normalized spacial score (nSPS) is 11.2. The second-order valence-corrected chi connectivity index (χ2v) is 5.86. The van der Waals surface area contributed by atoms with Gasteiger partial charge in [0.05, 0.1) is 11.0 Å². The number of nitrogens with one attached hydrogen (secondary N) is 1. The Bertz CT molecular complexity index is 1150. The Balaban J connectivity index is 1.69. The van der Waals surface area contributed by atoms with E-state index in [1.165, 1.54) is 24.3 Å². The van der Waals surface area contributed by atoms with Gasteiger partial charge in [0.15, 0.2) is 0 Å². The van der Waals surface area contributed by atoms with Gasteiger partial charge in [0.2, 0.25) is 17.8 Å². The van der Waals surface area contributed by atoms with Gasteiger partial charge >= 0.3 is 6.61 Å². The van der Waals surface area contributed by atoms with Gasteiger partial charge in [0.25, 0.3) is 0 Å². The number of nitrogens with zero attached hydrogens (tertiary/aromatic N) is 5. The number of hydrogen-bond donors (Lipinski definition) is 3. The summed E-state index contributed by atoms with van der Waals surface area (Å²) < 4.78 is 30.4. The highest BCUT2D eigenvalue weighted by Crippen LogP contribution is 2.23. The molecule has 0 aliphatic heterocycles. The van der Waals surface area contributed by atoms with Crippen LogP contribution < -0.4 is 15.8 Å². The Kier molecular flexibility index (Phi) is 4.87. The molecule has 11 heteroatoms. The molecule has 4 rings (SSSR count). The van der Waals surface area contributed by atoms with Crippen LogP contribution in [0.1, 0.15) is 5.82 Å². The van der Waals surface area contributed by atoms with E-state index in [9.17, 15) is 13.9 Å². The molecule has 2 heterocycles. The highest BCUT2D eigenvalue weighted by molar-refractivity contribution is 5.77. The van der Waals surface area contributed by atoms with Gasteiger partial charge in [0.1, 0.15) is 18.2 Å². The molecule has 0 atom stereocenters. The Morgan fingerprint density at radius 2 is 1.79 bits per heavy atom. The molecule has 4 aromatic rings. The minimum Gasteiger partial charge on any atom is -0.435 e. The van der Waals surface area contributed by atoms with Gasteiger partial charge in [-0.1, -0.05) is 12.1 Å². The second-order valence-electron chi connectivity index (χ2n) is 5.86. The van der Waals surface area contributed by atoms with Crippen LogP contribution in [0.2, 0.25) is 0 Å². The number of alkyl halides is 2. The van der Waals surface area contributed by atoms with Gasteiger partial charge in [0, 0.05) is 5.69 Å². The first-order chi connectivity index (χ1) is 14.0. The molecule has 0 unspecified atom stereocenters. The molecule has 148 valence electrons. The van der Waals surface area contributed by atoms with Crippen molar-refractivity contribution in [1.29, 1.82) is 0 Å². The van der Waals surface area contributed by atoms with E-state index in [2.05, 4.69) is 30.0 Å². The number of fused-ring (bicyclic) bond motifs is 1. The zero-order valence-corrected chi connectivity index (χ0v) is 14.8. The first-order valence-corrected chi connectivity index (χ1v) is 8.44. The highest BCUT2D eigenvalue weighted by atomic mass is 19.3. The van der Waals surface area contributed by atoms with Gasteiger partial charge < -0.3 is 20.9 Å². The Morgan fingerprint density at radius 1 is 1.03 bits per heavy atom. The third-order valence-electron chi connectivity index (χ3n) is 3.95. The quantitative estimate of drug-likeness (QED) is 0.452. The smallest absolute Gasteiger partial charge is 0.387 e. The fourth-order valence-electron chi connectivity index (χ4n) is 2.79. The predicted octanol–water partition coefficient (Wildman–Crippen LogP) is 2.63. The van der Waals surface area contributed by atoms with E-state index in [-0.39, 0.29) is 30.2 Å². The molecule has 2 aromatic heterocycles. The Morgan fingerprint density at radius 3 is 2.52 bits per heavy atom. The predicted molar refractivity (Wildman–Crippen MR) is 101 cm³/mol. The minimum absolute atomic E-state index is 0.0267. The second kappa shape index (κ2) is 7.64. The lowest BCUT2D eigenvalue weighted by atomic mass is 10.3. The number of rotatable bonds is 6. The summed E-state index contributed by atoms with van der Waals surface area (Å²) in [5, 5.41) is 12.6. The van der Waals surface area contributed by atoms with E-state index >= 15 is 0 Å². The summed E-state index contributed by atoms with van der Waals surface area (Å²) >= 11 is 0. The number of benzene rings is 2. The van der Waals surface area contributed by atoms with Crippen LogP contribution in [0.5, 0.6) is 5.75 Å². The molecule has 4 N–H and O–H groups in total. The lowest BCUT2D eigenvalue weighted by Crippen LogP contribution is -2.11. The maximum Gasteiger partial charge on any atom is 0.387 e. The summed E-state index contributed by atoms with van der Waals surface area (Å²) in [7, 11) is 0. The largest absolute Gasteiger partial charge is 0.435 e. The number of anilines is 3. The molecule has 0 saturated heterocycles. The number of halogens is 2. The van der Waals surface area contributed by atoms with Crippen molar-refractivity contribution in [3.05, 3.63) is 54.4 Å². The number of ether oxygens (including phenoxy) is 1. The number of nitrogen functional groups attached to an aromatic ring is 1. The molecule has 0 bridgehead atoms. The van der Waals surface area contributed by atoms with E-state index in [0.717, 1.165) is 0 Å². The molecule has 0 amide bonds. The lowest BCUT2D eigenvalue weighted by Gasteiger charge is -2.10. The van der Waals surface area contributed by atoms with Crippen molar-refractivity contribution < 1.29 is 18.6 Å². The van der Waals surface area contributed by atoms with Gasteiger partial charge in [-0.25, -0.2) is 4.98 Å². The molecule has 29 heavy (non-hydrogen) atoms. The van der Waals surface area contributed by atoms with Crippen molar-refractivity contribution in [3.63, 3.8) is 0 Å². The Hall–Kier alpha value is -3.86. The maximum absolute atomic E-state index is 12.3. The summed E-state index contributed by atoms with van der Waals surface area (Å²) in [6, 6.07) is 13.1. The summed E-state index contributed by atoms with van der Waals surface area (Å²) in [5.41, 5.74) is 7.72. The lowest BCUT2D eigenvalue weighted by molar-refractivity contribution is -0.0498. The number of hydrogen-bond acceptors (Lipinski definition) is 8. The van der Waals surface area contributed by atoms with Crippen LogP contribution in [-0.2, 0) is 6.61 Å². The van der Waals surface area contributed by atoms with E-state index in [0.29, 0.717) is 22.5 Å². The average molecular weight is 399 g/mol. The van der Waals surface area contributed by atoms with Gasteiger partial charge in [-0.15, -0.1) is 0 Å². The van der Waals surface area contributed by atoms with Crippen molar-refractivity contribution >= 4 is 28.6 Å². The molecule has 0 radical (unpaired) electrons. The number of aliphatic hydroxyl groups is 1. The fraction of sp³-hybridized carbons (Fsp3) is 0.111. The van der Waals surface area contributed by atoms with Crippen molar-refractivity contribution in [1.82, 2.24) is 24.5 Å². The van der Waals surface area contributed by atoms with Crippen LogP contribution in [0.15, 0.2) is 48.5 Å². The number of para-hydroxylation sites is 2. The monoisotopic (exact) mass is 399 g/mol. The number of imidazole rings is 1. The molecular formula is C18H15F2N7O2. The molecule has 0 aliphatic carbocycles. The van der Waals surface area contributed by atoms with Gasteiger partial charge in [-0.05, 0) is 36.4 Å². The molecule has 0 aliphatic rings. The van der Waals surface area contributed by atoms with Crippen LogP contribution in [0.25, 0.3) is 17.0 Å². The first kappa shape index (κ1) is 18.5. The third-order valence-corrected chi connectivity index (χ3v) is 3.95.